The fourth-order valence-electron chi connectivity index (χ4n) is 2.66. The molecule has 0 bridgehead atoms. The number of thiazole rings is 1. The molecule has 1 N–H and O–H groups in total. The van der Waals surface area contributed by atoms with Crippen LogP contribution in [0, 0.1) is 20.8 Å². The number of carbonyl (C=O) groups is 1. The second-order valence-electron chi connectivity index (χ2n) is 5.78. The molecule has 4 nitrogen and oxygen atoms in total. The van der Waals surface area contributed by atoms with Gasteiger partial charge in [0.2, 0.25) is 0 Å². The second kappa shape index (κ2) is 6.18. The second-order valence-corrected chi connectivity index (χ2v) is 6.64. The summed E-state index contributed by atoms with van der Waals surface area (Å²) in [6, 6.07) is 4.33. The molecule has 0 radical (unpaired) electrons. The molecule has 1 aliphatic rings. The number of nitrogens with one attached hydrogen (secondary N) is 1. The first-order valence-electron chi connectivity index (χ1n) is 7.51. The molecule has 2 heterocycles. The number of nitrogens with zero attached hydrogens (tertiary/aromatic N) is 1. The first-order chi connectivity index (χ1) is 10.5. The Morgan fingerprint density at radius 2 is 2.05 bits per heavy atom. The Hall–Kier alpha value is -1.72. The molecule has 22 heavy (non-hydrogen) atoms. The standard InChI is InChI=1S/C17H20N2O2S/c1-10-7-12(3)13(8-11(10)2)14-9-22-17(18-14)19-16(20)15-5-4-6-21-15/h7-9,15H,4-6H2,1-3H3,(H,18,19,20)/t15-/m1/s1. The van der Waals surface area contributed by atoms with E-state index in [2.05, 4.69) is 43.2 Å². The van der Waals surface area contributed by atoms with E-state index in [9.17, 15) is 4.79 Å². The molecule has 5 heteroatoms. The van der Waals surface area contributed by atoms with Crippen LogP contribution in [0.5, 0.6) is 0 Å². The van der Waals surface area contributed by atoms with Crippen LogP contribution in [0.1, 0.15) is 29.5 Å². The molecule has 2 aromatic rings. The molecule has 0 spiro atoms. The molecule has 1 saturated heterocycles. The van der Waals surface area contributed by atoms with Gasteiger partial charge in [0.15, 0.2) is 5.13 Å². The van der Waals surface area contributed by atoms with E-state index in [0.717, 1.165) is 24.1 Å². The van der Waals surface area contributed by atoms with Crippen LogP contribution in [0.4, 0.5) is 5.13 Å². The van der Waals surface area contributed by atoms with Crippen LogP contribution in [0.2, 0.25) is 0 Å². The monoisotopic (exact) mass is 316 g/mol. The lowest BCUT2D eigenvalue weighted by Crippen LogP contribution is -2.26. The number of hydrogen-bond donors (Lipinski definition) is 1. The average Bonchev–Trinajstić information content (AvgIpc) is 3.14. The van der Waals surface area contributed by atoms with Gasteiger partial charge in [0.25, 0.3) is 5.91 Å². The van der Waals surface area contributed by atoms with Gasteiger partial charge in [0.1, 0.15) is 6.10 Å². The molecule has 0 saturated carbocycles. The molecule has 1 amide bonds. The molecule has 1 fully saturated rings. The van der Waals surface area contributed by atoms with Gasteiger partial charge in [-0.3, -0.25) is 10.1 Å². The number of aryl methyl sites for hydroxylation is 3. The van der Waals surface area contributed by atoms with Crippen molar-refractivity contribution in [2.75, 3.05) is 11.9 Å². The zero-order valence-electron chi connectivity index (χ0n) is 13.1. The molecule has 116 valence electrons. The number of aromatic nitrogens is 1. The van der Waals surface area contributed by atoms with Crippen LogP contribution in [0.3, 0.4) is 0 Å². The third-order valence-corrected chi connectivity index (χ3v) is 4.83. The summed E-state index contributed by atoms with van der Waals surface area (Å²) < 4.78 is 5.39. The van der Waals surface area contributed by atoms with Crippen LogP contribution >= 0.6 is 11.3 Å². The first kappa shape index (κ1) is 15.2. The van der Waals surface area contributed by atoms with E-state index in [-0.39, 0.29) is 12.0 Å². The molecule has 0 unspecified atom stereocenters. The van der Waals surface area contributed by atoms with Gasteiger partial charge in [0.05, 0.1) is 5.69 Å². The van der Waals surface area contributed by atoms with Crippen LogP contribution in [-0.4, -0.2) is 23.6 Å². The van der Waals surface area contributed by atoms with Crippen molar-refractivity contribution in [3.63, 3.8) is 0 Å². The number of ether oxygens (including phenoxy) is 1. The van der Waals surface area contributed by atoms with Crippen LogP contribution in [-0.2, 0) is 9.53 Å². The van der Waals surface area contributed by atoms with Crippen molar-refractivity contribution in [1.29, 1.82) is 0 Å². The Bertz CT molecular complexity index is 703. The Balaban J connectivity index is 1.79. The smallest absolute Gasteiger partial charge is 0.255 e. The number of rotatable bonds is 3. The average molecular weight is 316 g/mol. The Labute approximate surface area is 134 Å². The summed E-state index contributed by atoms with van der Waals surface area (Å²) in [5.41, 5.74) is 5.76. The van der Waals surface area contributed by atoms with Crippen molar-refractivity contribution in [1.82, 2.24) is 4.98 Å². The van der Waals surface area contributed by atoms with E-state index in [0.29, 0.717) is 11.7 Å². The minimum absolute atomic E-state index is 0.0878. The van der Waals surface area contributed by atoms with Gasteiger partial charge in [-0.2, -0.15) is 0 Å². The predicted octanol–water partition coefficient (Wildman–Crippen LogP) is 3.85. The largest absolute Gasteiger partial charge is 0.368 e. The summed E-state index contributed by atoms with van der Waals surface area (Å²) in [6.07, 6.45) is 1.42. The maximum absolute atomic E-state index is 12.1. The molecule has 1 aliphatic heterocycles. The quantitative estimate of drug-likeness (QED) is 0.935. The third kappa shape index (κ3) is 3.05. The van der Waals surface area contributed by atoms with Crippen molar-refractivity contribution >= 4 is 22.4 Å². The third-order valence-electron chi connectivity index (χ3n) is 4.07. The summed E-state index contributed by atoms with van der Waals surface area (Å²) in [4.78, 5) is 16.6. The lowest BCUT2D eigenvalue weighted by molar-refractivity contribution is -0.124. The highest BCUT2D eigenvalue weighted by Gasteiger charge is 2.24. The summed E-state index contributed by atoms with van der Waals surface area (Å²) in [7, 11) is 0. The maximum Gasteiger partial charge on any atom is 0.255 e. The summed E-state index contributed by atoms with van der Waals surface area (Å²) >= 11 is 1.45. The van der Waals surface area contributed by atoms with Crippen LogP contribution < -0.4 is 5.32 Å². The minimum Gasteiger partial charge on any atom is -0.368 e. The Morgan fingerprint density at radius 3 is 2.77 bits per heavy atom. The topological polar surface area (TPSA) is 51.2 Å². The van der Waals surface area contributed by atoms with Gasteiger partial charge in [0, 0.05) is 17.6 Å². The number of anilines is 1. The first-order valence-corrected chi connectivity index (χ1v) is 8.39. The zero-order valence-corrected chi connectivity index (χ0v) is 13.9. The van der Waals surface area contributed by atoms with Crippen LogP contribution in [0.15, 0.2) is 17.5 Å². The summed E-state index contributed by atoms with van der Waals surface area (Å²) in [5, 5.41) is 5.48. The van der Waals surface area contributed by atoms with E-state index in [1.807, 2.05) is 5.38 Å². The normalized spacial score (nSPS) is 17.7. The van der Waals surface area contributed by atoms with Crippen LogP contribution in [0.25, 0.3) is 11.3 Å². The number of benzene rings is 1. The van der Waals surface area contributed by atoms with Gasteiger partial charge in [-0.25, -0.2) is 4.98 Å². The predicted molar refractivity (Wildman–Crippen MR) is 89.4 cm³/mol. The molecule has 3 rings (SSSR count). The summed E-state index contributed by atoms with van der Waals surface area (Å²) in [6.45, 7) is 6.97. The molecule has 1 atom stereocenters. The molecular weight excluding hydrogens is 296 g/mol. The van der Waals surface area contributed by atoms with Gasteiger partial charge in [-0.1, -0.05) is 6.07 Å². The molecule has 1 aromatic heterocycles. The van der Waals surface area contributed by atoms with Crippen molar-refractivity contribution in [3.8, 4) is 11.3 Å². The van der Waals surface area contributed by atoms with Crippen molar-refractivity contribution in [2.24, 2.45) is 0 Å². The molecule has 0 aliphatic carbocycles. The van der Waals surface area contributed by atoms with Gasteiger partial charge < -0.3 is 4.74 Å². The van der Waals surface area contributed by atoms with E-state index in [4.69, 9.17) is 4.74 Å². The summed E-state index contributed by atoms with van der Waals surface area (Å²) in [5.74, 6) is -0.0878. The SMILES string of the molecule is Cc1cc(C)c(-c2csc(NC(=O)[C@H]3CCCO3)n2)cc1C. The highest BCUT2D eigenvalue weighted by atomic mass is 32.1. The highest BCUT2D eigenvalue weighted by Crippen LogP contribution is 2.29. The Kier molecular flexibility index (Phi) is 4.27. The van der Waals surface area contributed by atoms with Crippen molar-refractivity contribution < 1.29 is 9.53 Å². The number of amides is 1. The number of carbonyl (C=O) groups excluding carboxylic acids is 1. The fourth-order valence-corrected chi connectivity index (χ4v) is 3.38. The van der Waals surface area contributed by atoms with Gasteiger partial charge in [-0.05, 0) is 56.4 Å². The lowest BCUT2D eigenvalue weighted by Gasteiger charge is -2.08. The highest BCUT2D eigenvalue weighted by molar-refractivity contribution is 7.14. The van der Waals surface area contributed by atoms with E-state index in [1.54, 1.807) is 0 Å². The van der Waals surface area contributed by atoms with Crippen molar-refractivity contribution in [2.45, 2.75) is 39.7 Å². The maximum atomic E-state index is 12.1. The van der Waals surface area contributed by atoms with E-state index >= 15 is 0 Å². The molecular formula is C17H20N2O2S. The van der Waals surface area contributed by atoms with Gasteiger partial charge in [-0.15, -0.1) is 11.3 Å². The fraction of sp³-hybridized carbons (Fsp3) is 0.412. The van der Waals surface area contributed by atoms with Crippen molar-refractivity contribution in [3.05, 3.63) is 34.2 Å². The van der Waals surface area contributed by atoms with E-state index in [1.165, 1.54) is 28.0 Å². The zero-order chi connectivity index (χ0) is 15.7. The minimum atomic E-state index is -0.323. The lowest BCUT2D eigenvalue weighted by atomic mass is 9.99. The Morgan fingerprint density at radius 1 is 1.27 bits per heavy atom. The van der Waals surface area contributed by atoms with Gasteiger partial charge >= 0.3 is 0 Å². The molecule has 1 aromatic carbocycles. The number of hydrogen-bond acceptors (Lipinski definition) is 4. The van der Waals surface area contributed by atoms with E-state index < -0.39 is 0 Å².